The van der Waals surface area contributed by atoms with Crippen LogP contribution in [0.2, 0.25) is 0 Å². The number of carbonyl (C=O) groups excluding carboxylic acids is 1. The molecule has 6 heteroatoms. The first kappa shape index (κ1) is 22.3. The normalized spacial score (nSPS) is 14.3. The standard InChI is InChI=1S/C22H34N2O4/c1-2-3-11-21(25)24-20(22(26)27)14-16-28-15-7-6-9-18-13-12-17-8-4-5-10-19(17)23-18/h12-13,20H,2-11,14-16H2,1H3,(H,24,25)(H,26,27). The monoisotopic (exact) mass is 390 g/mol. The molecule has 0 radical (unpaired) electrons. The van der Waals surface area contributed by atoms with E-state index in [1.165, 1.54) is 24.1 Å². The fourth-order valence-electron chi connectivity index (χ4n) is 3.44. The molecule has 0 bridgehead atoms. The van der Waals surface area contributed by atoms with Crippen molar-refractivity contribution < 1.29 is 19.4 Å². The predicted molar refractivity (Wildman–Crippen MR) is 108 cm³/mol. The van der Waals surface area contributed by atoms with Gasteiger partial charge in [0.2, 0.25) is 5.91 Å². The second kappa shape index (κ2) is 12.5. The summed E-state index contributed by atoms with van der Waals surface area (Å²) in [6, 6.07) is 3.50. The largest absolute Gasteiger partial charge is 0.480 e. The molecule has 1 aromatic heterocycles. The number of aromatic nitrogens is 1. The van der Waals surface area contributed by atoms with Crippen LogP contribution in [0.15, 0.2) is 12.1 Å². The van der Waals surface area contributed by atoms with Crippen molar-refractivity contribution >= 4 is 11.9 Å². The molecule has 1 atom stereocenters. The topological polar surface area (TPSA) is 88.5 Å². The number of carbonyl (C=O) groups is 2. The molecule has 0 spiro atoms. The summed E-state index contributed by atoms with van der Waals surface area (Å²) in [6.45, 7) is 2.93. The van der Waals surface area contributed by atoms with Gasteiger partial charge in [0.15, 0.2) is 0 Å². The average molecular weight is 391 g/mol. The molecular formula is C22H34N2O4. The number of fused-ring (bicyclic) bond motifs is 1. The van der Waals surface area contributed by atoms with E-state index in [-0.39, 0.29) is 5.91 Å². The molecular weight excluding hydrogens is 356 g/mol. The predicted octanol–water partition coefficient (Wildman–Crippen LogP) is 3.45. The van der Waals surface area contributed by atoms with Crippen LogP contribution in [0.3, 0.4) is 0 Å². The van der Waals surface area contributed by atoms with Crippen molar-refractivity contribution in [3.63, 3.8) is 0 Å². The summed E-state index contributed by atoms with van der Waals surface area (Å²) in [5.74, 6) is -1.21. The van der Waals surface area contributed by atoms with Crippen molar-refractivity contribution in [2.45, 2.75) is 83.6 Å². The van der Waals surface area contributed by atoms with Gasteiger partial charge in [-0.25, -0.2) is 4.79 Å². The molecule has 1 aliphatic carbocycles. The molecule has 1 amide bonds. The third-order valence-corrected chi connectivity index (χ3v) is 5.15. The number of nitrogens with one attached hydrogen (secondary N) is 1. The molecule has 0 saturated heterocycles. The van der Waals surface area contributed by atoms with Crippen LogP contribution >= 0.6 is 0 Å². The first-order chi connectivity index (χ1) is 13.6. The number of aryl methyl sites for hydroxylation is 3. The van der Waals surface area contributed by atoms with Crippen LogP contribution in [0.4, 0.5) is 0 Å². The Labute approximate surface area is 168 Å². The summed E-state index contributed by atoms with van der Waals surface area (Å²) >= 11 is 0. The summed E-state index contributed by atoms with van der Waals surface area (Å²) in [7, 11) is 0. The van der Waals surface area contributed by atoms with Gasteiger partial charge in [0.05, 0.1) is 0 Å². The molecule has 1 unspecified atom stereocenters. The first-order valence-electron chi connectivity index (χ1n) is 10.7. The van der Waals surface area contributed by atoms with E-state index in [1.807, 2.05) is 6.92 Å². The van der Waals surface area contributed by atoms with Gasteiger partial charge in [0, 0.05) is 37.4 Å². The third kappa shape index (κ3) is 7.97. The number of rotatable bonds is 13. The minimum atomic E-state index is -1.01. The van der Waals surface area contributed by atoms with Crippen molar-refractivity contribution in [1.29, 1.82) is 0 Å². The maximum absolute atomic E-state index is 11.7. The molecule has 0 aromatic carbocycles. The van der Waals surface area contributed by atoms with Crippen LogP contribution in [0.1, 0.15) is 75.2 Å². The van der Waals surface area contributed by atoms with Gasteiger partial charge in [-0.2, -0.15) is 0 Å². The Morgan fingerprint density at radius 2 is 2.00 bits per heavy atom. The highest BCUT2D eigenvalue weighted by Gasteiger charge is 2.19. The van der Waals surface area contributed by atoms with Crippen LogP contribution in [-0.4, -0.2) is 41.2 Å². The number of amides is 1. The summed E-state index contributed by atoms with van der Waals surface area (Å²) in [5.41, 5.74) is 3.84. The lowest BCUT2D eigenvalue weighted by Crippen LogP contribution is -2.41. The fraction of sp³-hybridized carbons (Fsp3) is 0.682. The number of carboxylic acid groups (broad SMARTS) is 1. The number of nitrogens with zero attached hydrogens (tertiary/aromatic N) is 1. The zero-order chi connectivity index (χ0) is 20.2. The number of aliphatic carboxylic acids is 1. The van der Waals surface area contributed by atoms with Crippen molar-refractivity contribution in [2.75, 3.05) is 13.2 Å². The smallest absolute Gasteiger partial charge is 0.326 e. The highest BCUT2D eigenvalue weighted by molar-refractivity contribution is 5.83. The van der Waals surface area contributed by atoms with Gasteiger partial charge in [-0.05, 0) is 63.0 Å². The van der Waals surface area contributed by atoms with E-state index in [0.717, 1.165) is 50.6 Å². The molecule has 1 aliphatic rings. The van der Waals surface area contributed by atoms with Crippen LogP contribution in [-0.2, 0) is 33.6 Å². The van der Waals surface area contributed by atoms with E-state index in [9.17, 15) is 14.7 Å². The molecule has 156 valence electrons. The summed E-state index contributed by atoms with van der Waals surface area (Å²) in [6.07, 6.45) is 9.99. The number of pyridine rings is 1. The van der Waals surface area contributed by atoms with Crippen molar-refractivity contribution in [1.82, 2.24) is 10.3 Å². The second-order valence-corrected chi connectivity index (χ2v) is 7.54. The first-order valence-corrected chi connectivity index (χ1v) is 10.7. The SMILES string of the molecule is CCCCC(=O)NC(CCOCCCCc1ccc2c(n1)CCCC2)C(=O)O. The van der Waals surface area contributed by atoms with Gasteiger partial charge in [0.1, 0.15) is 6.04 Å². The van der Waals surface area contributed by atoms with Crippen molar-refractivity contribution in [3.05, 3.63) is 29.1 Å². The highest BCUT2D eigenvalue weighted by Crippen LogP contribution is 2.20. The minimum Gasteiger partial charge on any atom is -0.480 e. The van der Waals surface area contributed by atoms with Crippen molar-refractivity contribution in [3.8, 4) is 0 Å². The van der Waals surface area contributed by atoms with E-state index < -0.39 is 12.0 Å². The molecule has 2 rings (SSSR count). The number of carboxylic acids is 1. The second-order valence-electron chi connectivity index (χ2n) is 7.54. The molecule has 6 nitrogen and oxygen atoms in total. The Morgan fingerprint density at radius 1 is 1.18 bits per heavy atom. The highest BCUT2D eigenvalue weighted by atomic mass is 16.5. The van der Waals surface area contributed by atoms with Crippen LogP contribution < -0.4 is 5.32 Å². The average Bonchev–Trinajstić information content (AvgIpc) is 2.70. The maximum Gasteiger partial charge on any atom is 0.326 e. The lowest BCUT2D eigenvalue weighted by Gasteiger charge is -2.15. The van der Waals surface area contributed by atoms with Gasteiger partial charge in [-0.15, -0.1) is 0 Å². The number of hydrogen-bond donors (Lipinski definition) is 2. The lowest BCUT2D eigenvalue weighted by atomic mass is 9.95. The van der Waals surface area contributed by atoms with E-state index in [4.69, 9.17) is 9.72 Å². The molecule has 2 N–H and O–H groups in total. The van der Waals surface area contributed by atoms with E-state index in [0.29, 0.717) is 26.1 Å². The summed E-state index contributed by atoms with van der Waals surface area (Å²) in [5, 5.41) is 11.8. The Bertz CT molecular complexity index is 633. The summed E-state index contributed by atoms with van der Waals surface area (Å²) in [4.78, 5) is 27.7. The molecule has 0 saturated carbocycles. The Hall–Kier alpha value is -1.95. The Morgan fingerprint density at radius 3 is 2.79 bits per heavy atom. The van der Waals surface area contributed by atoms with Gasteiger partial charge in [0.25, 0.3) is 0 Å². The van der Waals surface area contributed by atoms with Gasteiger partial charge in [-0.3, -0.25) is 9.78 Å². The number of ether oxygens (including phenoxy) is 1. The quantitative estimate of drug-likeness (QED) is 0.504. The zero-order valence-corrected chi connectivity index (χ0v) is 17.0. The Balaban J connectivity index is 1.58. The molecule has 0 aliphatic heterocycles. The van der Waals surface area contributed by atoms with Crippen LogP contribution in [0, 0.1) is 0 Å². The molecule has 0 fully saturated rings. The van der Waals surface area contributed by atoms with Gasteiger partial charge < -0.3 is 15.2 Å². The van der Waals surface area contributed by atoms with Gasteiger partial charge >= 0.3 is 5.97 Å². The van der Waals surface area contributed by atoms with Crippen molar-refractivity contribution in [2.24, 2.45) is 0 Å². The summed E-state index contributed by atoms with van der Waals surface area (Å²) < 4.78 is 5.57. The zero-order valence-electron chi connectivity index (χ0n) is 17.0. The van der Waals surface area contributed by atoms with E-state index in [2.05, 4.69) is 17.4 Å². The fourth-order valence-corrected chi connectivity index (χ4v) is 3.44. The molecule has 1 heterocycles. The van der Waals surface area contributed by atoms with Gasteiger partial charge in [-0.1, -0.05) is 19.4 Å². The molecule has 28 heavy (non-hydrogen) atoms. The minimum absolute atomic E-state index is 0.202. The van der Waals surface area contributed by atoms with E-state index in [1.54, 1.807) is 0 Å². The Kier molecular flexibility index (Phi) is 9.97. The maximum atomic E-state index is 11.7. The molecule has 1 aromatic rings. The number of hydrogen-bond acceptors (Lipinski definition) is 4. The van der Waals surface area contributed by atoms with Crippen LogP contribution in [0.25, 0.3) is 0 Å². The third-order valence-electron chi connectivity index (χ3n) is 5.15. The lowest BCUT2D eigenvalue weighted by molar-refractivity contribution is -0.142. The van der Waals surface area contributed by atoms with E-state index >= 15 is 0 Å². The van der Waals surface area contributed by atoms with Crippen LogP contribution in [0.5, 0.6) is 0 Å². The number of unbranched alkanes of at least 4 members (excludes halogenated alkanes) is 2.